The first-order valence-electron chi connectivity index (χ1n) is 8.71. The zero-order valence-electron chi connectivity index (χ0n) is 14.6. The summed E-state index contributed by atoms with van der Waals surface area (Å²) in [6.45, 7) is 2.14. The van der Waals surface area contributed by atoms with E-state index in [0.29, 0.717) is 5.75 Å². The van der Waals surface area contributed by atoms with E-state index in [-0.39, 0.29) is 0 Å². The van der Waals surface area contributed by atoms with Crippen molar-refractivity contribution in [3.8, 4) is 17.6 Å². The molecule has 0 fully saturated rings. The van der Waals surface area contributed by atoms with E-state index in [4.69, 9.17) is 4.74 Å². The Labute approximate surface area is 162 Å². The van der Waals surface area contributed by atoms with Gasteiger partial charge in [0.15, 0.2) is 0 Å². The van der Waals surface area contributed by atoms with Crippen molar-refractivity contribution in [2.75, 3.05) is 4.90 Å². The molecule has 2 aromatic rings. The molecular formula is C22H20BrNO2. The van der Waals surface area contributed by atoms with Crippen LogP contribution in [-0.2, 0) is 0 Å². The Morgan fingerprint density at radius 3 is 2.65 bits per heavy atom. The molecule has 1 aliphatic rings. The standard InChI is InChI=1S/C22H20BrNO2/c1-2-3-4-8-15-21-19(23)16-17-11-9-10-14-20(17)24(21)22(25)26-18-12-6-5-7-13-18/h5-7,9-14,16,21H,2-4H2,1H3. The molecule has 1 amide bonds. The second kappa shape index (κ2) is 8.73. The van der Waals surface area contributed by atoms with Crippen molar-refractivity contribution in [3.05, 3.63) is 64.6 Å². The normalized spacial score (nSPS) is 15.4. The number of ether oxygens (including phenoxy) is 1. The van der Waals surface area contributed by atoms with Gasteiger partial charge in [0.25, 0.3) is 0 Å². The van der Waals surface area contributed by atoms with Crippen molar-refractivity contribution in [1.29, 1.82) is 0 Å². The van der Waals surface area contributed by atoms with Gasteiger partial charge in [0.2, 0.25) is 0 Å². The van der Waals surface area contributed by atoms with Gasteiger partial charge in [0, 0.05) is 10.9 Å². The van der Waals surface area contributed by atoms with Crippen LogP contribution in [0.25, 0.3) is 6.08 Å². The number of anilines is 1. The van der Waals surface area contributed by atoms with E-state index in [1.165, 1.54) is 0 Å². The average molecular weight is 410 g/mol. The summed E-state index contributed by atoms with van der Waals surface area (Å²) in [7, 11) is 0. The lowest BCUT2D eigenvalue weighted by Crippen LogP contribution is -2.43. The molecule has 3 nitrogen and oxygen atoms in total. The topological polar surface area (TPSA) is 29.5 Å². The Hall–Kier alpha value is -2.51. The fraction of sp³-hybridized carbons (Fsp3) is 0.227. The summed E-state index contributed by atoms with van der Waals surface area (Å²) in [5, 5.41) is 0. The molecule has 3 rings (SSSR count). The van der Waals surface area contributed by atoms with Crippen LogP contribution in [0.5, 0.6) is 5.75 Å². The number of rotatable bonds is 3. The third-order valence-corrected chi connectivity index (χ3v) is 4.71. The molecule has 0 saturated heterocycles. The molecular weight excluding hydrogens is 390 g/mol. The van der Waals surface area contributed by atoms with Gasteiger partial charge in [-0.1, -0.05) is 71.6 Å². The number of halogens is 1. The number of fused-ring (bicyclic) bond motifs is 1. The molecule has 1 aliphatic heterocycles. The number of benzene rings is 2. The van der Waals surface area contributed by atoms with Crippen LogP contribution in [0.15, 0.2) is 59.1 Å². The fourth-order valence-corrected chi connectivity index (χ4v) is 3.29. The van der Waals surface area contributed by atoms with E-state index in [2.05, 4.69) is 34.7 Å². The predicted molar refractivity (Wildman–Crippen MR) is 109 cm³/mol. The smallest absolute Gasteiger partial charge is 0.410 e. The molecule has 0 spiro atoms. The Morgan fingerprint density at radius 1 is 1.15 bits per heavy atom. The number of para-hydroxylation sites is 2. The van der Waals surface area contributed by atoms with Crippen molar-refractivity contribution in [1.82, 2.24) is 0 Å². The number of amides is 1. The third kappa shape index (κ3) is 4.17. The van der Waals surface area contributed by atoms with Crippen LogP contribution in [0, 0.1) is 11.8 Å². The molecule has 1 atom stereocenters. The molecule has 0 saturated carbocycles. The van der Waals surface area contributed by atoms with Crippen LogP contribution in [-0.4, -0.2) is 12.1 Å². The largest absolute Gasteiger partial charge is 0.421 e. The zero-order chi connectivity index (χ0) is 18.4. The number of hydrogen-bond donors (Lipinski definition) is 0. The van der Waals surface area contributed by atoms with Gasteiger partial charge in [-0.05, 0) is 36.3 Å². The minimum absolute atomic E-state index is 0.391. The van der Waals surface area contributed by atoms with Gasteiger partial charge >= 0.3 is 6.09 Å². The van der Waals surface area contributed by atoms with Crippen molar-refractivity contribution < 1.29 is 9.53 Å². The molecule has 2 aromatic carbocycles. The summed E-state index contributed by atoms with van der Waals surface area (Å²) < 4.78 is 6.44. The Kier molecular flexibility index (Phi) is 6.14. The van der Waals surface area contributed by atoms with E-state index in [1.807, 2.05) is 48.5 Å². The molecule has 132 valence electrons. The van der Waals surface area contributed by atoms with Crippen LogP contribution < -0.4 is 9.64 Å². The first-order chi connectivity index (χ1) is 12.7. The van der Waals surface area contributed by atoms with E-state index < -0.39 is 12.1 Å². The van der Waals surface area contributed by atoms with Gasteiger partial charge in [0.05, 0.1) is 5.69 Å². The quantitative estimate of drug-likeness (QED) is 0.459. The number of hydrogen-bond acceptors (Lipinski definition) is 2. The summed E-state index contributed by atoms with van der Waals surface area (Å²) in [5.41, 5.74) is 1.75. The molecule has 0 N–H and O–H groups in total. The van der Waals surface area contributed by atoms with Gasteiger partial charge in [-0.2, -0.15) is 0 Å². The highest BCUT2D eigenvalue weighted by molar-refractivity contribution is 9.11. The maximum absolute atomic E-state index is 13.0. The third-order valence-electron chi connectivity index (χ3n) is 4.05. The van der Waals surface area contributed by atoms with Crippen LogP contribution in [0.4, 0.5) is 10.5 Å². The molecule has 0 bridgehead atoms. The van der Waals surface area contributed by atoms with E-state index in [0.717, 1.165) is 35.0 Å². The monoisotopic (exact) mass is 409 g/mol. The van der Waals surface area contributed by atoms with Gasteiger partial charge in [-0.25, -0.2) is 4.79 Å². The van der Waals surface area contributed by atoms with Gasteiger partial charge < -0.3 is 4.74 Å². The van der Waals surface area contributed by atoms with Gasteiger partial charge in [-0.15, -0.1) is 5.92 Å². The summed E-state index contributed by atoms with van der Waals surface area (Å²) >= 11 is 3.60. The van der Waals surface area contributed by atoms with Gasteiger partial charge in [-0.3, -0.25) is 4.90 Å². The molecule has 1 unspecified atom stereocenters. The maximum atomic E-state index is 13.0. The first-order valence-corrected chi connectivity index (χ1v) is 9.50. The van der Waals surface area contributed by atoms with E-state index in [1.54, 1.807) is 17.0 Å². The molecule has 0 radical (unpaired) electrons. The minimum atomic E-state index is -0.441. The summed E-state index contributed by atoms with van der Waals surface area (Å²) in [5.74, 6) is 6.93. The highest BCUT2D eigenvalue weighted by Crippen LogP contribution is 2.35. The van der Waals surface area contributed by atoms with E-state index >= 15 is 0 Å². The molecule has 1 heterocycles. The second-order valence-electron chi connectivity index (χ2n) is 5.97. The fourth-order valence-electron chi connectivity index (χ4n) is 2.73. The number of carbonyl (C=O) groups is 1. The first kappa shape index (κ1) is 18.3. The molecule has 0 aliphatic carbocycles. The number of carbonyl (C=O) groups excluding carboxylic acids is 1. The maximum Gasteiger partial charge on any atom is 0.421 e. The molecule has 0 aromatic heterocycles. The van der Waals surface area contributed by atoms with Crippen LogP contribution in [0.1, 0.15) is 31.7 Å². The SMILES string of the molecule is CCCCC#CC1C(Br)=Cc2ccccc2N1C(=O)Oc1ccccc1. The summed E-state index contributed by atoms with van der Waals surface area (Å²) in [6.07, 6.45) is 4.53. The van der Waals surface area contributed by atoms with Crippen LogP contribution in [0.2, 0.25) is 0 Å². The van der Waals surface area contributed by atoms with E-state index in [9.17, 15) is 4.79 Å². The Bertz CT molecular complexity index is 864. The highest BCUT2D eigenvalue weighted by Gasteiger charge is 2.32. The molecule has 26 heavy (non-hydrogen) atoms. The number of nitrogens with zero attached hydrogens (tertiary/aromatic N) is 1. The Morgan fingerprint density at radius 2 is 1.88 bits per heavy atom. The van der Waals surface area contributed by atoms with Gasteiger partial charge in [0.1, 0.15) is 11.8 Å². The van der Waals surface area contributed by atoms with Crippen molar-refractivity contribution in [2.45, 2.75) is 32.2 Å². The lowest BCUT2D eigenvalue weighted by molar-refractivity contribution is 0.207. The van der Waals surface area contributed by atoms with Crippen LogP contribution in [0.3, 0.4) is 0 Å². The van der Waals surface area contributed by atoms with Crippen LogP contribution >= 0.6 is 15.9 Å². The zero-order valence-corrected chi connectivity index (χ0v) is 16.2. The summed E-state index contributed by atoms with van der Waals surface area (Å²) in [4.78, 5) is 14.6. The van der Waals surface area contributed by atoms with Crippen molar-refractivity contribution in [3.63, 3.8) is 0 Å². The highest BCUT2D eigenvalue weighted by atomic mass is 79.9. The predicted octanol–water partition coefficient (Wildman–Crippen LogP) is 6.00. The second-order valence-corrected chi connectivity index (χ2v) is 6.88. The summed E-state index contributed by atoms with van der Waals surface area (Å²) in [6, 6.07) is 16.4. The number of unbranched alkanes of at least 4 members (excludes halogenated alkanes) is 2. The Balaban J connectivity index is 1.93. The lowest BCUT2D eigenvalue weighted by Gasteiger charge is -2.32. The minimum Gasteiger partial charge on any atom is -0.410 e. The van der Waals surface area contributed by atoms with Crippen molar-refractivity contribution in [2.24, 2.45) is 0 Å². The lowest BCUT2D eigenvalue weighted by atomic mass is 10.0. The average Bonchev–Trinajstić information content (AvgIpc) is 2.66. The molecule has 4 heteroatoms. The van der Waals surface area contributed by atoms with Crippen molar-refractivity contribution >= 4 is 33.8 Å².